The van der Waals surface area contributed by atoms with Gasteiger partial charge in [-0.2, -0.15) is 0 Å². The van der Waals surface area contributed by atoms with Gasteiger partial charge in [-0.05, 0) is 119 Å². The van der Waals surface area contributed by atoms with Crippen LogP contribution in [0.15, 0.2) is 0 Å². The molecule has 6 bridgehead atoms. The first-order valence-electron chi connectivity index (χ1n) is 13.3. The van der Waals surface area contributed by atoms with Gasteiger partial charge in [-0.1, -0.05) is 0 Å². The molecule has 6 fully saturated rings. The molecule has 0 heterocycles. The highest BCUT2D eigenvalue weighted by molar-refractivity contribution is 5.85. The number of esters is 3. The Morgan fingerprint density at radius 2 is 1.33 bits per heavy atom. The van der Waals surface area contributed by atoms with E-state index in [1.165, 1.54) is 25.7 Å². The van der Waals surface area contributed by atoms with Crippen molar-refractivity contribution in [1.29, 1.82) is 0 Å². The molecule has 6 rings (SSSR count). The Morgan fingerprint density at radius 1 is 0.727 bits per heavy atom. The van der Waals surface area contributed by atoms with Crippen LogP contribution in [0.1, 0.15) is 72.1 Å². The molecule has 0 spiro atoms. The van der Waals surface area contributed by atoms with Crippen molar-refractivity contribution in [3.8, 4) is 0 Å². The predicted molar refractivity (Wildman–Crippen MR) is 119 cm³/mol. The zero-order chi connectivity index (χ0) is 23.1. The molecule has 6 aliphatic carbocycles. The summed E-state index contributed by atoms with van der Waals surface area (Å²) in [6, 6.07) is 0. The van der Waals surface area contributed by atoms with Crippen LogP contribution in [0.5, 0.6) is 0 Å². The number of fused-ring (bicyclic) bond motifs is 11. The van der Waals surface area contributed by atoms with Gasteiger partial charge in [-0.15, -0.1) is 0 Å². The van der Waals surface area contributed by atoms with Crippen LogP contribution >= 0.6 is 0 Å². The SMILES string of the molecule is CC(C)(C)OC(=O)COC(=O)C1C2CCC(C2)C1C(=O)OC1CC2CC1C1C3CCC(C3)C21. The van der Waals surface area contributed by atoms with Gasteiger partial charge in [0.05, 0.1) is 11.8 Å². The normalized spacial score (nSPS) is 46.5. The second-order valence-electron chi connectivity index (χ2n) is 12.9. The summed E-state index contributed by atoms with van der Waals surface area (Å²) in [5.41, 5.74) is -0.624. The van der Waals surface area contributed by atoms with Crippen molar-refractivity contribution in [1.82, 2.24) is 0 Å². The summed E-state index contributed by atoms with van der Waals surface area (Å²) in [4.78, 5) is 38.4. The third kappa shape index (κ3) is 3.61. The zero-order valence-corrected chi connectivity index (χ0v) is 20.2. The van der Waals surface area contributed by atoms with Crippen LogP contribution in [0, 0.1) is 59.2 Å². The van der Waals surface area contributed by atoms with E-state index in [1.807, 2.05) is 0 Å². The molecule has 0 N–H and O–H groups in total. The molecule has 182 valence electrons. The summed E-state index contributed by atoms with van der Waals surface area (Å²) in [5.74, 6) is 3.03. The van der Waals surface area contributed by atoms with E-state index in [0.29, 0.717) is 5.92 Å². The van der Waals surface area contributed by atoms with E-state index in [2.05, 4.69) is 0 Å². The monoisotopic (exact) mass is 458 g/mol. The van der Waals surface area contributed by atoms with E-state index in [9.17, 15) is 14.4 Å². The summed E-state index contributed by atoms with van der Waals surface area (Å²) in [6.07, 6.45) is 9.30. The Bertz CT molecular complexity index is 844. The average molecular weight is 459 g/mol. The minimum atomic E-state index is -0.624. The average Bonchev–Trinajstić information content (AvgIpc) is 3.55. The first kappa shape index (κ1) is 21.9. The lowest BCUT2D eigenvalue weighted by Gasteiger charge is -2.39. The van der Waals surface area contributed by atoms with E-state index < -0.39 is 36.0 Å². The third-order valence-corrected chi connectivity index (χ3v) is 10.2. The second kappa shape index (κ2) is 7.71. The number of rotatable bonds is 5. The molecule has 11 unspecified atom stereocenters. The van der Waals surface area contributed by atoms with Crippen LogP contribution in [0.3, 0.4) is 0 Å². The topological polar surface area (TPSA) is 78.9 Å². The van der Waals surface area contributed by atoms with Crippen molar-refractivity contribution in [2.24, 2.45) is 59.2 Å². The molecule has 0 saturated heterocycles. The molecular weight excluding hydrogens is 420 g/mol. The van der Waals surface area contributed by atoms with Crippen molar-refractivity contribution in [2.45, 2.75) is 83.8 Å². The van der Waals surface area contributed by atoms with Crippen LogP contribution in [0.25, 0.3) is 0 Å². The van der Waals surface area contributed by atoms with Crippen LogP contribution in [0.4, 0.5) is 0 Å². The lowest BCUT2D eigenvalue weighted by molar-refractivity contribution is -0.174. The lowest BCUT2D eigenvalue weighted by Crippen LogP contribution is -2.42. The maximum atomic E-state index is 13.4. The predicted octanol–water partition coefficient (Wildman–Crippen LogP) is 4.15. The van der Waals surface area contributed by atoms with Crippen molar-refractivity contribution < 1.29 is 28.6 Å². The van der Waals surface area contributed by atoms with E-state index in [-0.39, 0.29) is 23.9 Å². The number of ether oxygens (including phenoxy) is 3. The second-order valence-corrected chi connectivity index (χ2v) is 12.9. The number of hydrogen-bond donors (Lipinski definition) is 0. The van der Waals surface area contributed by atoms with E-state index in [0.717, 1.165) is 55.3 Å². The van der Waals surface area contributed by atoms with Gasteiger partial charge >= 0.3 is 17.9 Å². The van der Waals surface area contributed by atoms with Crippen LogP contribution in [-0.4, -0.2) is 36.2 Å². The van der Waals surface area contributed by atoms with Gasteiger partial charge in [0.1, 0.15) is 11.7 Å². The summed E-state index contributed by atoms with van der Waals surface area (Å²) in [7, 11) is 0. The maximum Gasteiger partial charge on any atom is 0.344 e. The van der Waals surface area contributed by atoms with Crippen LogP contribution in [-0.2, 0) is 28.6 Å². The molecule has 6 aliphatic rings. The van der Waals surface area contributed by atoms with Crippen LogP contribution < -0.4 is 0 Å². The number of hydrogen-bond acceptors (Lipinski definition) is 6. The highest BCUT2D eigenvalue weighted by atomic mass is 16.6. The minimum absolute atomic E-state index is 0.0423. The van der Waals surface area contributed by atoms with E-state index in [4.69, 9.17) is 14.2 Å². The molecule has 6 nitrogen and oxygen atoms in total. The number of carbonyl (C=O) groups is 3. The molecule has 0 aliphatic heterocycles. The Hall–Kier alpha value is -1.59. The summed E-state index contributed by atoms with van der Waals surface area (Å²) in [6.45, 7) is 4.94. The highest BCUT2D eigenvalue weighted by Gasteiger charge is 2.64. The molecule has 0 amide bonds. The molecular formula is C27H38O6. The van der Waals surface area contributed by atoms with Gasteiger partial charge in [0.25, 0.3) is 0 Å². The Balaban J connectivity index is 1.09. The quantitative estimate of drug-likeness (QED) is 0.350. The molecule has 33 heavy (non-hydrogen) atoms. The van der Waals surface area contributed by atoms with E-state index in [1.54, 1.807) is 20.8 Å². The zero-order valence-electron chi connectivity index (χ0n) is 20.2. The third-order valence-electron chi connectivity index (χ3n) is 10.2. The van der Waals surface area contributed by atoms with Crippen LogP contribution in [0.2, 0.25) is 0 Å². The van der Waals surface area contributed by atoms with Gasteiger partial charge in [-0.3, -0.25) is 9.59 Å². The first-order valence-corrected chi connectivity index (χ1v) is 13.3. The standard InChI is InChI=1S/C27H38O6/c1-27(2,3)33-20(28)12-31-25(29)23-15-6-7-16(9-15)24(23)26(30)32-19-11-17-10-18(19)22-14-5-4-13(8-14)21(17)22/h13-19,21-24H,4-12H2,1-3H3. The fourth-order valence-electron chi connectivity index (χ4n) is 9.43. The largest absolute Gasteiger partial charge is 0.462 e. The first-order chi connectivity index (χ1) is 15.7. The van der Waals surface area contributed by atoms with Gasteiger partial charge < -0.3 is 14.2 Å². The van der Waals surface area contributed by atoms with Crippen molar-refractivity contribution in [3.63, 3.8) is 0 Å². The fourth-order valence-corrected chi connectivity index (χ4v) is 9.43. The summed E-state index contributed by atoms with van der Waals surface area (Å²) >= 11 is 0. The Morgan fingerprint density at radius 3 is 2.03 bits per heavy atom. The molecule has 0 aromatic heterocycles. The fraction of sp³-hybridized carbons (Fsp3) is 0.889. The van der Waals surface area contributed by atoms with Gasteiger partial charge in [0, 0.05) is 0 Å². The summed E-state index contributed by atoms with van der Waals surface area (Å²) < 4.78 is 16.8. The van der Waals surface area contributed by atoms with Crippen molar-refractivity contribution >= 4 is 17.9 Å². The van der Waals surface area contributed by atoms with Crippen molar-refractivity contribution in [2.75, 3.05) is 6.61 Å². The lowest BCUT2D eigenvalue weighted by atomic mass is 9.70. The Labute approximate surface area is 196 Å². The van der Waals surface area contributed by atoms with Crippen molar-refractivity contribution in [3.05, 3.63) is 0 Å². The Kier molecular flexibility index (Phi) is 5.12. The molecule has 11 atom stereocenters. The smallest absolute Gasteiger partial charge is 0.344 e. The molecule has 0 radical (unpaired) electrons. The highest BCUT2D eigenvalue weighted by Crippen LogP contribution is 2.68. The van der Waals surface area contributed by atoms with Gasteiger partial charge in [0.15, 0.2) is 6.61 Å². The molecule has 0 aromatic carbocycles. The van der Waals surface area contributed by atoms with Gasteiger partial charge in [0.2, 0.25) is 0 Å². The minimum Gasteiger partial charge on any atom is -0.462 e. The number of carbonyl (C=O) groups excluding carboxylic acids is 3. The van der Waals surface area contributed by atoms with Gasteiger partial charge in [-0.25, -0.2) is 4.79 Å². The maximum absolute atomic E-state index is 13.4. The molecule has 0 aromatic rings. The molecule has 6 saturated carbocycles. The summed E-state index contributed by atoms with van der Waals surface area (Å²) in [5, 5.41) is 0. The molecule has 6 heteroatoms. The van der Waals surface area contributed by atoms with E-state index >= 15 is 0 Å².